The van der Waals surface area contributed by atoms with Crippen molar-refractivity contribution in [2.75, 3.05) is 10.5 Å². The highest BCUT2D eigenvalue weighted by atomic mass is 32.2. The third kappa shape index (κ3) is 4.16. The molecule has 0 unspecified atom stereocenters. The van der Waals surface area contributed by atoms with Crippen LogP contribution in [-0.2, 0) is 10.0 Å². The molecule has 1 aromatic carbocycles. The van der Waals surface area contributed by atoms with Crippen molar-refractivity contribution < 1.29 is 17.2 Å². The summed E-state index contributed by atoms with van der Waals surface area (Å²) in [6, 6.07) is 4.59. The van der Waals surface area contributed by atoms with Gasteiger partial charge in [0.15, 0.2) is 5.82 Å². The summed E-state index contributed by atoms with van der Waals surface area (Å²) in [6.07, 6.45) is 5.08. The molecule has 3 N–H and O–H groups in total. The van der Waals surface area contributed by atoms with Crippen molar-refractivity contribution in [3.8, 4) is 11.8 Å². The van der Waals surface area contributed by atoms with Gasteiger partial charge in [-0.3, -0.25) is 9.71 Å². The maximum absolute atomic E-state index is 14.6. The van der Waals surface area contributed by atoms with Crippen LogP contribution in [0.25, 0.3) is 0 Å². The van der Waals surface area contributed by atoms with Crippen LogP contribution in [0.1, 0.15) is 11.1 Å². The van der Waals surface area contributed by atoms with E-state index < -0.39 is 32.9 Å². The Balaban J connectivity index is 1.96. The average molecular weight is 387 g/mol. The van der Waals surface area contributed by atoms with Crippen LogP contribution < -0.4 is 10.5 Å². The number of pyridine rings is 1. The molecule has 0 aliphatic heterocycles. The first-order valence-corrected chi connectivity index (χ1v) is 8.85. The molecule has 0 fully saturated rings. The van der Waals surface area contributed by atoms with Crippen LogP contribution >= 0.6 is 0 Å². The first kappa shape index (κ1) is 18.2. The highest BCUT2D eigenvalue weighted by Crippen LogP contribution is 2.23. The molecule has 3 rings (SSSR count). The molecule has 7 nitrogen and oxygen atoms in total. The van der Waals surface area contributed by atoms with Crippen LogP contribution in [0.2, 0.25) is 0 Å². The van der Waals surface area contributed by atoms with Gasteiger partial charge in [-0.1, -0.05) is 11.8 Å². The van der Waals surface area contributed by atoms with E-state index in [1.807, 2.05) is 0 Å². The number of nitrogen functional groups attached to an aromatic ring is 1. The minimum atomic E-state index is -4.09. The smallest absolute Gasteiger partial charge is 0.263 e. The van der Waals surface area contributed by atoms with E-state index in [0.717, 1.165) is 18.3 Å². The molecule has 0 amide bonds. The number of nitrogens with one attached hydrogen (secondary N) is 1. The number of nitrogens with two attached hydrogens (primary N) is 1. The van der Waals surface area contributed by atoms with E-state index in [4.69, 9.17) is 5.73 Å². The molecule has 136 valence electrons. The number of rotatable bonds is 3. The van der Waals surface area contributed by atoms with Gasteiger partial charge in [-0.05, 0) is 24.3 Å². The van der Waals surface area contributed by atoms with E-state index in [1.165, 1.54) is 30.7 Å². The summed E-state index contributed by atoms with van der Waals surface area (Å²) < 4.78 is 55.2. The van der Waals surface area contributed by atoms with Crippen LogP contribution in [0.5, 0.6) is 0 Å². The van der Waals surface area contributed by atoms with Gasteiger partial charge in [-0.25, -0.2) is 27.2 Å². The SMILES string of the molecule is Nc1ncc(C#Cc2c(F)ccc(NS(=O)(=O)c3cccnc3)c2F)cn1. The molecule has 0 aliphatic rings. The van der Waals surface area contributed by atoms with Gasteiger partial charge in [-0.2, -0.15) is 0 Å². The minimum Gasteiger partial charge on any atom is -0.368 e. The molecule has 0 spiro atoms. The molecule has 0 bridgehead atoms. The number of anilines is 2. The second-order valence-electron chi connectivity index (χ2n) is 5.16. The zero-order valence-electron chi connectivity index (χ0n) is 13.5. The fourth-order valence-electron chi connectivity index (χ4n) is 1.99. The van der Waals surface area contributed by atoms with E-state index in [9.17, 15) is 17.2 Å². The predicted molar refractivity (Wildman–Crippen MR) is 93.8 cm³/mol. The van der Waals surface area contributed by atoms with Crippen molar-refractivity contribution >= 4 is 21.7 Å². The Labute approximate surface area is 153 Å². The zero-order chi connectivity index (χ0) is 19.4. The molecular formula is C17H11F2N5O2S. The van der Waals surface area contributed by atoms with Gasteiger partial charge in [-0.15, -0.1) is 0 Å². The molecule has 0 atom stereocenters. The van der Waals surface area contributed by atoms with Crippen molar-refractivity contribution in [3.63, 3.8) is 0 Å². The second kappa shape index (κ2) is 7.35. The summed E-state index contributed by atoms with van der Waals surface area (Å²) >= 11 is 0. The van der Waals surface area contributed by atoms with Gasteiger partial charge in [0.05, 0.1) is 16.8 Å². The number of benzene rings is 1. The summed E-state index contributed by atoms with van der Waals surface area (Å²) in [6.45, 7) is 0. The molecule has 0 saturated carbocycles. The largest absolute Gasteiger partial charge is 0.368 e. The topological polar surface area (TPSA) is 111 Å². The van der Waals surface area contributed by atoms with E-state index in [-0.39, 0.29) is 16.4 Å². The van der Waals surface area contributed by atoms with Gasteiger partial charge < -0.3 is 5.73 Å². The van der Waals surface area contributed by atoms with Gasteiger partial charge in [0.2, 0.25) is 5.95 Å². The summed E-state index contributed by atoms with van der Waals surface area (Å²) in [5.74, 6) is 2.75. The Kier molecular flexibility index (Phi) is 4.96. The summed E-state index contributed by atoms with van der Waals surface area (Å²) in [7, 11) is -4.09. The molecule has 0 radical (unpaired) electrons. The van der Waals surface area contributed by atoms with Crippen LogP contribution in [0, 0.1) is 23.5 Å². The fraction of sp³-hybridized carbons (Fsp3) is 0. The monoisotopic (exact) mass is 387 g/mol. The van der Waals surface area contributed by atoms with E-state index >= 15 is 0 Å². The second-order valence-corrected chi connectivity index (χ2v) is 6.84. The number of halogens is 2. The Hall–Kier alpha value is -3.58. The molecule has 0 saturated heterocycles. The van der Waals surface area contributed by atoms with Crippen LogP contribution in [0.15, 0.2) is 53.9 Å². The van der Waals surface area contributed by atoms with Gasteiger partial charge >= 0.3 is 0 Å². The Morgan fingerprint density at radius 2 is 1.78 bits per heavy atom. The molecule has 2 heterocycles. The average Bonchev–Trinajstić information content (AvgIpc) is 2.66. The zero-order valence-corrected chi connectivity index (χ0v) is 14.3. The molecule has 27 heavy (non-hydrogen) atoms. The van der Waals surface area contributed by atoms with Crippen LogP contribution in [0.4, 0.5) is 20.4 Å². The maximum atomic E-state index is 14.6. The van der Waals surface area contributed by atoms with Gasteiger partial charge in [0, 0.05) is 24.8 Å². The Morgan fingerprint density at radius 3 is 2.44 bits per heavy atom. The van der Waals surface area contributed by atoms with E-state index in [0.29, 0.717) is 0 Å². The summed E-state index contributed by atoms with van der Waals surface area (Å²) in [5, 5.41) is 0. The Morgan fingerprint density at radius 1 is 1.04 bits per heavy atom. The highest BCUT2D eigenvalue weighted by Gasteiger charge is 2.19. The lowest BCUT2D eigenvalue weighted by molar-refractivity contribution is 0.578. The van der Waals surface area contributed by atoms with Crippen LogP contribution in [0.3, 0.4) is 0 Å². The van der Waals surface area contributed by atoms with Crippen LogP contribution in [-0.4, -0.2) is 23.4 Å². The lowest BCUT2D eigenvalue weighted by Gasteiger charge is -2.10. The number of aromatic nitrogens is 3. The Bertz CT molecular complexity index is 1140. The summed E-state index contributed by atoms with van der Waals surface area (Å²) in [4.78, 5) is 11.0. The quantitative estimate of drug-likeness (QED) is 0.665. The molecular weight excluding hydrogens is 376 g/mol. The number of sulfonamides is 1. The molecule has 10 heteroatoms. The standard InChI is InChI=1S/C17H11F2N5O2S/c18-14-5-6-15(24-27(25,26)12-2-1-7-21-10-12)16(19)13(14)4-3-11-8-22-17(20)23-9-11/h1-2,5-10,24H,(H2,20,22,23). The van der Waals surface area contributed by atoms with Crippen molar-refractivity contribution in [3.05, 3.63) is 71.8 Å². The number of hydrogen-bond donors (Lipinski definition) is 2. The molecule has 3 aromatic rings. The minimum absolute atomic E-state index is 0.0321. The van der Waals surface area contributed by atoms with Crippen molar-refractivity contribution in [2.45, 2.75) is 4.90 Å². The lowest BCUT2D eigenvalue weighted by Crippen LogP contribution is -2.14. The fourth-order valence-corrected chi connectivity index (χ4v) is 3.02. The van der Waals surface area contributed by atoms with Crippen molar-refractivity contribution in [1.82, 2.24) is 15.0 Å². The maximum Gasteiger partial charge on any atom is 0.263 e. The van der Waals surface area contributed by atoms with E-state index in [2.05, 4.69) is 31.5 Å². The summed E-state index contributed by atoms with van der Waals surface area (Å²) in [5.41, 5.74) is 4.59. The third-order valence-corrected chi connectivity index (χ3v) is 4.63. The highest BCUT2D eigenvalue weighted by molar-refractivity contribution is 7.92. The lowest BCUT2D eigenvalue weighted by atomic mass is 10.1. The van der Waals surface area contributed by atoms with Crippen molar-refractivity contribution in [2.24, 2.45) is 0 Å². The number of nitrogens with zero attached hydrogens (tertiary/aromatic N) is 3. The third-order valence-electron chi connectivity index (χ3n) is 3.28. The first-order chi connectivity index (χ1) is 12.9. The number of hydrogen-bond acceptors (Lipinski definition) is 6. The van der Waals surface area contributed by atoms with E-state index in [1.54, 1.807) is 0 Å². The first-order valence-electron chi connectivity index (χ1n) is 7.37. The van der Waals surface area contributed by atoms with Gasteiger partial charge in [0.1, 0.15) is 10.7 Å². The van der Waals surface area contributed by atoms with Crippen molar-refractivity contribution in [1.29, 1.82) is 0 Å². The van der Waals surface area contributed by atoms with Gasteiger partial charge in [0.25, 0.3) is 10.0 Å². The predicted octanol–water partition coefficient (Wildman–Crippen LogP) is 1.93. The normalized spacial score (nSPS) is 10.7. The molecule has 0 aliphatic carbocycles. The molecule has 2 aromatic heterocycles.